The van der Waals surface area contributed by atoms with Crippen molar-refractivity contribution in [3.63, 3.8) is 0 Å². The Kier molecular flexibility index (Phi) is 5.83. The molecule has 2 heterocycles. The highest BCUT2D eigenvalue weighted by molar-refractivity contribution is 6.01. The quantitative estimate of drug-likeness (QED) is 0.616. The molecule has 1 aromatic heterocycles. The van der Waals surface area contributed by atoms with Gasteiger partial charge in [-0.3, -0.25) is 4.79 Å². The lowest BCUT2D eigenvalue weighted by Gasteiger charge is -2.33. The van der Waals surface area contributed by atoms with Crippen molar-refractivity contribution in [2.75, 3.05) is 32.7 Å². The highest BCUT2D eigenvalue weighted by atomic mass is 16.2. The molecule has 0 bridgehead atoms. The number of carbonyl (C=O) groups is 1. The third-order valence-electron chi connectivity index (χ3n) is 5.97. The molecule has 140 valence electrons. The van der Waals surface area contributed by atoms with Gasteiger partial charge in [0.2, 0.25) is 0 Å². The van der Waals surface area contributed by atoms with Crippen molar-refractivity contribution in [2.45, 2.75) is 52.5 Å². The third kappa shape index (κ3) is 3.71. The van der Waals surface area contributed by atoms with Gasteiger partial charge >= 0.3 is 0 Å². The van der Waals surface area contributed by atoms with Gasteiger partial charge in [-0.25, -0.2) is 0 Å². The Morgan fingerprint density at radius 2 is 1.88 bits per heavy atom. The highest BCUT2D eigenvalue weighted by Crippen LogP contribution is 2.33. The maximum atomic E-state index is 12.8. The number of aromatic nitrogens is 1. The SMILES string of the molecule is CCN1CCN(C(=O)C(C#N)=Cc2cc(C)n(C3CCCC3)c2C)CC1. The van der Waals surface area contributed by atoms with Crippen LogP contribution in [-0.2, 0) is 4.79 Å². The smallest absolute Gasteiger partial charge is 0.264 e. The van der Waals surface area contributed by atoms with E-state index >= 15 is 0 Å². The molecule has 2 fully saturated rings. The van der Waals surface area contributed by atoms with Gasteiger partial charge in [0, 0.05) is 43.6 Å². The molecule has 1 aliphatic heterocycles. The van der Waals surface area contributed by atoms with E-state index in [0.717, 1.165) is 25.2 Å². The predicted molar refractivity (Wildman–Crippen MR) is 104 cm³/mol. The summed E-state index contributed by atoms with van der Waals surface area (Å²) in [6, 6.07) is 4.83. The van der Waals surface area contributed by atoms with Crippen molar-refractivity contribution in [1.29, 1.82) is 5.26 Å². The van der Waals surface area contributed by atoms with Crippen LogP contribution in [0, 0.1) is 25.2 Å². The molecule has 2 aliphatic rings. The van der Waals surface area contributed by atoms with Gasteiger partial charge in [0.05, 0.1) is 0 Å². The first-order chi connectivity index (χ1) is 12.5. The monoisotopic (exact) mass is 354 g/mol. The van der Waals surface area contributed by atoms with E-state index in [9.17, 15) is 10.1 Å². The second-order valence-corrected chi connectivity index (χ2v) is 7.53. The van der Waals surface area contributed by atoms with Crippen molar-refractivity contribution in [3.8, 4) is 6.07 Å². The predicted octanol–water partition coefficient (Wildman–Crippen LogP) is 3.29. The second kappa shape index (κ2) is 8.09. The van der Waals surface area contributed by atoms with Crippen molar-refractivity contribution in [1.82, 2.24) is 14.4 Å². The molecule has 1 aromatic rings. The highest BCUT2D eigenvalue weighted by Gasteiger charge is 2.24. The van der Waals surface area contributed by atoms with Crippen LogP contribution in [-0.4, -0.2) is 53.0 Å². The van der Waals surface area contributed by atoms with Crippen LogP contribution >= 0.6 is 0 Å². The molecule has 1 saturated carbocycles. The van der Waals surface area contributed by atoms with E-state index in [1.807, 2.05) is 4.90 Å². The van der Waals surface area contributed by atoms with E-state index in [4.69, 9.17) is 0 Å². The lowest BCUT2D eigenvalue weighted by atomic mass is 10.1. The standard InChI is InChI=1S/C21H30N4O/c1-4-23-9-11-24(12-10-23)21(26)19(15-22)14-18-13-16(2)25(17(18)3)20-7-5-6-8-20/h13-14,20H,4-12H2,1-3H3. The summed E-state index contributed by atoms with van der Waals surface area (Å²) < 4.78 is 2.40. The molecule has 1 saturated heterocycles. The Bertz CT molecular complexity index is 726. The van der Waals surface area contributed by atoms with Gasteiger partial charge in [-0.15, -0.1) is 0 Å². The first-order valence-corrected chi connectivity index (χ1v) is 9.87. The molecule has 0 unspecified atom stereocenters. The van der Waals surface area contributed by atoms with Gasteiger partial charge in [-0.1, -0.05) is 19.8 Å². The Balaban J connectivity index is 1.80. The average molecular weight is 354 g/mol. The van der Waals surface area contributed by atoms with Crippen molar-refractivity contribution in [2.24, 2.45) is 0 Å². The van der Waals surface area contributed by atoms with Crippen LogP contribution in [0.3, 0.4) is 0 Å². The summed E-state index contributed by atoms with van der Waals surface area (Å²) in [5, 5.41) is 9.58. The summed E-state index contributed by atoms with van der Waals surface area (Å²) in [4.78, 5) is 16.9. The molecule has 0 spiro atoms. The molecule has 0 radical (unpaired) electrons. The first kappa shape index (κ1) is 18.7. The number of carbonyl (C=O) groups excluding carboxylic acids is 1. The zero-order valence-electron chi connectivity index (χ0n) is 16.3. The lowest BCUT2D eigenvalue weighted by molar-refractivity contribution is -0.128. The van der Waals surface area contributed by atoms with Gasteiger partial charge in [0.25, 0.3) is 5.91 Å². The third-order valence-corrected chi connectivity index (χ3v) is 5.97. The summed E-state index contributed by atoms with van der Waals surface area (Å²) in [6.07, 6.45) is 6.83. The molecule has 0 atom stereocenters. The van der Waals surface area contributed by atoms with Crippen LogP contribution in [0.15, 0.2) is 11.6 Å². The van der Waals surface area contributed by atoms with E-state index in [1.165, 1.54) is 37.1 Å². The molecule has 5 heteroatoms. The van der Waals surface area contributed by atoms with E-state index in [0.29, 0.717) is 19.1 Å². The number of hydrogen-bond acceptors (Lipinski definition) is 3. The Labute approximate surface area is 156 Å². The van der Waals surface area contributed by atoms with Crippen molar-refractivity contribution >= 4 is 12.0 Å². The van der Waals surface area contributed by atoms with Crippen LogP contribution in [0.25, 0.3) is 6.08 Å². The Morgan fingerprint density at radius 1 is 1.23 bits per heavy atom. The minimum Gasteiger partial charge on any atom is -0.346 e. The van der Waals surface area contributed by atoms with E-state index < -0.39 is 0 Å². The fourth-order valence-corrected chi connectivity index (χ4v) is 4.41. The number of likely N-dealkylation sites (N-methyl/N-ethyl adjacent to an activating group) is 1. The fraction of sp³-hybridized carbons (Fsp3) is 0.619. The second-order valence-electron chi connectivity index (χ2n) is 7.53. The van der Waals surface area contributed by atoms with E-state index in [2.05, 4.69) is 42.4 Å². The first-order valence-electron chi connectivity index (χ1n) is 9.87. The lowest BCUT2D eigenvalue weighted by Crippen LogP contribution is -2.48. The fourth-order valence-electron chi connectivity index (χ4n) is 4.41. The number of aryl methyl sites for hydroxylation is 1. The molecule has 0 N–H and O–H groups in total. The zero-order chi connectivity index (χ0) is 18.7. The Morgan fingerprint density at radius 3 is 2.46 bits per heavy atom. The number of piperazine rings is 1. The van der Waals surface area contributed by atoms with Crippen molar-refractivity contribution in [3.05, 3.63) is 28.6 Å². The van der Waals surface area contributed by atoms with Crippen LogP contribution in [0.1, 0.15) is 55.6 Å². The molecule has 3 rings (SSSR count). The van der Waals surface area contributed by atoms with Crippen LogP contribution < -0.4 is 0 Å². The maximum Gasteiger partial charge on any atom is 0.264 e. The number of nitriles is 1. The van der Waals surface area contributed by atoms with Crippen molar-refractivity contribution < 1.29 is 4.79 Å². The molecule has 0 aromatic carbocycles. The van der Waals surface area contributed by atoms with Gasteiger partial charge in [-0.05, 0) is 50.9 Å². The molecule has 5 nitrogen and oxygen atoms in total. The minimum atomic E-state index is -0.131. The van der Waals surface area contributed by atoms with Crippen LogP contribution in [0.5, 0.6) is 0 Å². The largest absolute Gasteiger partial charge is 0.346 e. The molecule has 1 aliphatic carbocycles. The molecule has 26 heavy (non-hydrogen) atoms. The zero-order valence-corrected chi connectivity index (χ0v) is 16.3. The summed E-state index contributed by atoms with van der Waals surface area (Å²) in [6.45, 7) is 10.6. The van der Waals surface area contributed by atoms with Gasteiger partial charge < -0.3 is 14.4 Å². The summed E-state index contributed by atoms with van der Waals surface area (Å²) in [5.74, 6) is -0.131. The maximum absolute atomic E-state index is 12.8. The summed E-state index contributed by atoms with van der Waals surface area (Å²) in [7, 11) is 0. The normalized spacial score (nSPS) is 19.8. The van der Waals surface area contributed by atoms with Gasteiger partial charge in [0.15, 0.2) is 0 Å². The van der Waals surface area contributed by atoms with Gasteiger partial charge in [0.1, 0.15) is 11.6 Å². The molecular weight excluding hydrogens is 324 g/mol. The summed E-state index contributed by atoms with van der Waals surface area (Å²) >= 11 is 0. The number of amides is 1. The minimum absolute atomic E-state index is 0.131. The number of hydrogen-bond donors (Lipinski definition) is 0. The Hall–Kier alpha value is -2.06. The number of nitrogens with zero attached hydrogens (tertiary/aromatic N) is 4. The molecule has 1 amide bonds. The van der Waals surface area contributed by atoms with Gasteiger partial charge in [-0.2, -0.15) is 5.26 Å². The topological polar surface area (TPSA) is 52.3 Å². The number of rotatable bonds is 4. The van der Waals surface area contributed by atoms with E-state index in [1.54, 1.807) is 6.08 Å². The average Bonchev–Trinajstić information content (AvgIpc) is 3.27. The molecular formula is C21H30N4O. The van der Waals surface area contributed by atoms with Crippen LogP contribution in [0.2, 0.25) is 0 Å². The summed E-state index contributed by atoms with van der Waals surface area (Å²) in [5.41, 5.74) is 3.65. The van der Waals surface area contributed by atoms with Crippen LogP contribution in [0.4, 0.5) is 0 Å². The van der Waals surface area contributed by atoms with E-state index in [-0.39, 0.29) is 11.5 Å².